The van der Waals surface area contributed by atoms with E-state index in [1.54, 1.807) is 0 Å². The Morgan fingerprint density at radius 1 is 1.41 bits per heavy atom. The van der Waals surface area contributed by atoms with Crippen molar-refractivity contribution in [1.29, 1.82) is 0 Å². The van der Waals surface area contributed by atoms with E-state index in [0.717, 1.165) is 0 Å². The third-order valence-electron chi connectivity index (χ3n) is 1.72. The van der Waals surface area contributed by atoms with Gasteiger partial charge in [0.15, 0.2) is 5.69 Å². The van der Waals surface area contributed by atoms with Crippen molar-refractivity contribution in [2.24, 2.45) is 0 Å². The van der Waals surface area contributed by atoms with E-state index in [9.17, 15) is 32.1 Å². The molecule has 1 aromatic heterocycles. The molecule has 1 heterocycles. The highest BCUT2D eigenvalue weighted by atomic mass is 79.9. The minimum atomic E-state index is -4.97. The Morgan fingerprint density at radius 2 is 1.94 bits per heavy atom. The van der Waals surface area contributed by atoms with Gasteiger partial charge in [0.2, 0.25) is 0 Å². The lowest BCUT2D eigenvalue weighted by Crippen LogP contribution is -2.12. The summed E-state index contributed by atoms with van der Waals surface area (Å²) in [7, 11) is 0. The number of halogens is 6. The summed E-state index contributed by atoms with van der Waals surface area (Å²) in [6, 6.07) is 0. The molecule has 0 radical (unpaired) electrons. The monoisotopic (exact) mass is 320 g/mol. The number of hydrogen-bond donors (Lipinski definition) is 0. The Kier molecular flexibility index (Phi) is 3.65. The van der Waals surface area contributed by atoms with Crippen LogP contribution in [0, 0.1) is 10.1 Å². The lowest BCUT2D eigenvalue weighted by Gasteiger charge is -2.11. The summed E-state index contributed by atoms with van der Waals surface area (Å²) in [5.41, 5.74) is -4.13. The van der Waals surface area contributed by atoms with Gasteiger partial charge in [-0.3, -0.25) is 10.1 Å². The zero-order valence-electron chi connectivity index (χ0n) is 7.63. The Labute approximate surface area is 98.7 Å². The molecule has 1 rings (SSSR count). The predicted molar refractivity (Wildman–Crippen MR) is 48.6 cm³/mol. The minimum Gasteiger partial charge on any atom is -0.258 e. The number of aromatic nitrogens is 1. The standard InChI is InChI=1S/C7H2BrF5N2O2/c8-4-3(6(9)10)2(15(16)17)1-14-5(4)7(11,12)13/h1,6H. The minimum absolute atomic E-state index is 0.162. The van der Waals surface area contributed by atoms with Crippen LogP contribution in [0.15, 0.2) is 10.7 Å². The number of hydrogen-bond acceptors (Lipinski definition) is 3. The smallest absolute Gasteiger partial charge is 0.258 e. The van der Waals surface area contributed by atoms with Gasteiger partial charge < -0.3 is 0 Å². The van der Waals surface area contributed by atoms with E-state index in [1.165, 1.54) is 0 Å². The molecule has 0 aliphatic heterocycles. The first kappa shape index (κ1) is 13.7. The molecule has 4 nitrogen and oxygen atoms in total. The van der Waals surface area contributed by atoms with Crippen LogP contribution in [0.5, 0.6) is 0 Å². The van der Waals surface area contributed by atoms with Crippen molar-refractivity contribution in [3.63, 3.8) is 0 Å². The largest absolute Gasteiger partial charge is 0.434 e. The molecule has 94 valence electrons. The highest BCUT2D eigenvalue weighted by Gasteiger charge is 2.39. The zero-order valence-corrected chi connectivity index (χ0v) is 9.22. The van der Waals surface area contributed by atoms with Gasteiger partial charge in [0.25, 0.3) is 12.1 Å². The third-order valence-corrected chi connectivity index (χ3v) is 2.52. The van der Waals surface area contributed by atoms with Gasteiger partial charge in [-0.25, -0.2) is 13.8 Å². The average Bonchev–Trinajstić information content (AvgIpc) is 2.13. The molecular formula is C7H2BrF5N2O2. The molecule has 0 aliphatic rings. The van der Waals surface area contributed by atoms with Gasteiger partial charge in [0.05, 0.1) is 9.40 Å². The van der Waals surface area contributed by atoms with E-state index in [2.05, 4.69) is 20.9 Å². The number of pyridine rings is 1. The molecule has 0 bridgehead atoms. The first-order chi connectivity index (χ1) is 7.66. The molecule has 0 saturated heterocycles. The Balaban J connectivity index is 3.55. The highest BCUT2D eigenvalue weighted by molar-refractivity contribution is 9.10. The normalized spacial score (nSPS) is 11.9. The van der Waals surface area contributed by atoms with Gasteiger partial charge in [-0.1, -0.05) is 0 Å². The van der Waals surface area contributed by atoms with Crippen molar-refractivity contribution in [2.75, 3.05) is 0 Å². The molecule has 0 saturated carbocycles. The summed E-state index contributed by atoms with van der Waals surface area (Å²) < 4.78 is 60.8. The van der Waals surface area contributed by atoms with Crippen LogP contribution in [0.1, 0.15) is 17.7 Å². The number of nitrogens with zero attached hydrogens (tertiary/aromatic N) is 2. The van der Waals surface area contributed by atoms with Crippen LogP contribution >= 0.6 is 15.9 Å². The maximum absolute atomic E-state index is 12.5. The molecule has 0 atom stereocenters. The Hall–Kier alpha value is -1.32. The van der Waals surface area contributed by atoms with Crippen LogP contribution in [0.25, 0.3) is 0 Å². The van der Waals surface area contributed by atoms with Crippen LogP contribution < -0.4 is 0 Å². The van der Waals surface area contributed by atoms with Crippen molar-refractivity contribution in [1.82, 2.24) is 4.98 Å². The van der Waals surface area contributed by atoms with Gasteiger partial charge in [0.1, 0.15) is 11.8 Å². The predicted octanol–water partition coefficient (Wildman–Crippen LogP) is 3.71. The van der Waals surface area contributed by atoms with Gasteiger partial charge >= 0.3 is 6.18 Å². The number of rotatable bonds is 2. The Bertz CT molecular complexity index is 462. The van der Waals surface area contributed by atoms with Gasteiger partial charge in [-0.2, -0.15) is 13.2 Å². The summed E-state index contributed by atoms with van der Waals surface area (Å²) in [5, 5.41) is 10.4. The van der Waals surface area contributed by atoms with E-state index >= 15 is 0 Å². The summed E-state index contributed by atoms with van der Waals surface area (Å²) in [5.74, 6) is 0. The van der Waals surface area contributed by atoms with Crippen LogP contribution in [0.4, 0.5) is 27.6 Å². The second-order valence-electron chi connectivity index (χ2n) is 2.78. The van der Waals surface area contributed by atoms with Crippen molar-refractivity contribution in [2.45, 2.75) is 12.6 Å². The maximum atomic E-state index is 12.5. The molecular weight excluding hydrogens is 319 g/mol. The maximum Gasteiger partial charge on any atom is 0.434 e. The van der Waals surface area contributed by atoms with E-state index in [0.29, 0.717) is 0 Å². The first-order valence-corrected chi connectivity index (χ1v) is 4.63. The first-order valence-electron chi connectivity index (χ1n) is 3.84. The summed E-state index contributed by atoms with van der Waals surface area (Å²) >= 11 is 2.27. The van der Waals surface area contributed by atoms with Gasteiger partial charge in [-0.15, -0.1) is 0 Å². The molecule has 0 aromatic carbocycles. The number of alkyl halides is 5. The fourth-order valence-corrected chi connectivity index (χ4v) is 1.75. The summed E-state index contributed by atoms with van der Waals surface area (Å²) in [6.45, 7) is 0. The second-order valence-corrected chi connectivity index (χ2v) is 3.57. The average molecular weight is 321 g/mol. The lowest BCUT2D eigenvalue weighted by molar-refractivity contribution is -0.386. The van der Waals surface area contributed by atoms with Crippen molar-refractivity contribution in [3.8, 4) is 0 Å². The van der Waals surface area contributed by atoms with Crippen LogP contribution in [-0.2, 0) is 6.18 Å². The van der Waals surface area contributed by atoms with Crippen molar-refractivity contribution >= 4 is 21.6 Å². The highest BCUT2D eigenvalue weighted by Crippen LogP contribution is 2.41. The topological polar surface area (TPSA) is 56.0 Å². The molecule has 0 spiro atoms. The molecule has 0 aliphatic carbocycles. The van der Waals surface area contributed by atoms with Crippen molar-refractivity contribution < 1.29 is 26.9 Å². The third kappa shape index (κ3) is 2.68. The molecule has 10 heteroatoms. The fourth-order valence-electron chi connectivity index (χ4n) is 1.04. The second kappa shape index (κ2) is 4.51. The SMILES string of the molecule is O=[N+]([O-])c1cnc(C(F)(F)F)c(Br)c1C(F)F. The molecule has 0 N–H and O–H groups in total. The molecule has 0 fully saturated rings. The van der Waals surface area contributed by atoms with Crippen LogP contribution in [0.2, 0.25) is 0 Å². The fraction of sp³-hybridized carbons (Fsp3) is 0.286. The van der Waals surface area contributed by atoms with E-state index in [1.807, 2.05) is 0 Å². The molecule has 17 heavy (non-hydrogen) atoms. The van der Waals surface area contributed by atoms with Crippen molar-refractivity contribution in [3.05, 3.63) is 32.0 Å². The van der Waals surface area contributed by atoms with Crippen LogP contribution in [-0.4, -0.2) is 9.91 Å². The summed E-state index contributed by atoms with van der Waals surface area (Å²) in [6.07, 6.45) is -8.24. The van der Waals surface area contributed by atoms with Gasteiger partial charge in [-0.05, 0) is 15.9 Å². The number of nitro groups is 1. The zero-order chi connectivity index (χ0) is 13.4. The molecule has 1 aromatic rings. The molecule has 0 unspecified atom stereocenters. The van der Waals surface area contributed by atoms with E-state index in [4.69, 9.17) is 0 Å². The lowest BCUT2D eigenvalue weighted by atomic mass is 10.2. The quantitative estimate of drug-likeness (QED) is 0.474. The van der Waals surface area contributed by atoms with Gasteiger partial charge in [0, 0.05) is 0 Å². The van der Waals surface area contributed by atoms with Crippen LogP contribution in [0.3, 0.4) is 0 Å². The summed E-state index contributed by atoms with van der Waals surface area (Å²) in [4.78, 5) is 11.9. The van der Waals surface area contributed by atoms with E-state index in [-0.39, 0.29) is 6.20 Å². The Morgan fingerprint density at radius 3 is 2.29 bits per heavy atom. The van der Waals surface area contributed by atoms with E-state index < -0.39 is 38.9 Å². The molecule has 0 amide bonds.